The fraction of sp³-hybridized carbons (Fsp3) is 0.231. The molecule has 1 unspecified atom stereocenters. The quantitative estimate of drug-likeness (QED) is 0.256. The zero-order chi connectivity index (χ0) is 23.1. The standard InChI is InChI=1S/C26H22F4O2/c1-3-26(2,19-7-11-22(12-8-19)32-25(29)30)16-4-5-18-6-15-23(28)24(17-18)31-21-13-9-20(27)10-14-21/h1,6-15,17,25H,4-5,16H2,2H3. The maximum absolute atomic E-state index is 14.2. The lowest BCUT2D eigenvalue weighted by atomic mass is 9.78. The lowest BCUT2D eigenvalue weighted by molar-refractivity contribution is -0.0498. The van der Waals surface area contributed by atoms with Crippen LogP contribution in [0.2, 0.25) is 0 Å². The second-order valence-corrected chi connectivity index (χ2v) is 7.55. The van der Waals surface area contributed by atoms with Gasteiger partial charge in [-0.05, 0) is 85.8 Å². The Bertz CT molecular complexity index is 1070. The van der Waals surface area contributed by atoms with Crippen LogP contribution in [0, 0.1) is 24.0 Å². The number of alkyl halides is 2. The van der Waals surface area contributed by atoms with E-state index in [2.05, 4.69) is 10.7 Å². The lowest BCUT2D eigenvalue weighted by Gasteiger charge is -2.24. The van der Waals surface area contributed by atoms with Crippen molar-refractivity contribution in [2.75, 3.05) is 0 Å². The van der Waals surface area contributed by atoms with Gasteiger partial charge in [0, 0.05) is 0 Å². The molecule has 6 heteroatoms. The van der Waals surface area contributed by atoms with E-state index in [9.17, 15) is 17.6 Å². The van der Waals surface area contributed by atoms with Crippen LogP contribution in [0.25, 0.3) is 0 Å². The van der Waals surface area contributed by atoms with Crippen molar-refractivity contribution in [3.05, 3.63) is 89.5 Å². The average molecular weight is 442 g/mol. The van der Waals surface area contributed by atoms with Crippen LogP contribution in [0.1, 0.15) is 30.9 Å². The zero-order valence-electron chi connectivity index (χ0n) is 17.5. The van der Waals surface area contributed by atoms with E-state index in [1.807, 2.05) is 6.92 Å². The molecule has 166 valence electrons. The molecule has 3 rings (SSSR count). The van der Waals surface area contributed by atoms with Crippen LogP contribution in [-0.4, -0.2) is 6.61 Å². The van der Waals surface area contributed by atoms with E-state index in [4.69, 9.17) is 11.2 Å². The second-order valence-electron chi connectivity index (χ2n) is 7.55. The topological polar surface area (TPSA) is 18.5 Å². The van der Waals surface area contributed by atoms with E-state index in [1.165, 1.54) is 42.5 Å². The van der Waals surface area contributed by atoms with Crippen LogP contribution in [0.3, 0.4) is 0 Å². The smallest absolute Gasteiger partial charge is 0.387 e. The third-order valence-electron chi connectivity index (χ3n) is 5.21. The summed E-state index contributed by atoms with van der Waals surface area (Å²) in [5.41, 5.74) is 1.08. The monoisotopic (exact) mass is 442 g/mol. The third kappa shape index (κ3) is 6.04. The molecule has 0 aliphatic heterocycles. The van der Waals surface area contributed by atoms with Crippen molar-refractivity contribution < 1.29 is 27.0 Å². The van der Waals surface area contributed by atoms with Crippen LogP contribution < -0.4 is 9.47 Å². The van der Waals surface area contributed by atoms with Gasteiger partial charge < -0.3 is 9.47 Å². The molecule has 0 saturated carbocycles. The summed E-state index contributed by atoms with van der Waals surface area (Å²) in [7, 11) is 0. The summed E-state index contributed by atoms with van der Waals surface area (Å²) in [5.74, 6) is 2.34. The number of hydrogen-bond donors (Lipinski definition) is 0. The van der Waals surface area contributed by atoms with Gasteiger partial charge >= 0.3 is 6.61 Å². The molecule has 0 spiro atoms. The van der Waals surface area contributed by atoms with Crippen molar-refractivity contribution >= 4 is 0 Å². The fourth-order valence-electron chi connectivity index (χ4n) is 3.36. The van der Waals surface area contributed by atoms with Gasteiger partial charge in [0.2, 0.25) is 0 Å². The number of terminal acetylenes is 1. The van der Waals surface area contributed by atoms with Gasteiger partial charge in [0.05, 0.1) is 5.41 Å². The highest BCUT2D eigenvalue weighted by atomic mass is 19.3. The molecule has 0 aliphatic carbocycles. The van der Waals surface area contributed by atoms with Crippen LogP contribution in [0.5, 0.6) is 17.2 Å². The summed E-state index contributed by atoms with van der Waals surface area (Å²) in [6.07, 6.45) is 7.74. The predicted molar refractivity (Wildman–Crippen MR) is 115 cm³/mol. The molecule has 0 radical (unpaired) electrons. The zero-order valence-corrected chi connectivity index (χ0v) is 17.5. The molecule has 32 heavy (non-hydrogen) atoms. The van der Waals surface area contributed by atoms with Crippen molar-refractivity contribution in [1.29, 1.82) is 0 Å². The first-order valence-corrected chi connectivity index (χ1v) is 10.0. The van der Waals surface area contributed by atoms with Gasteiger partial charge in [-0.15, -0.1) is 6.42 Å². The Morgan fingerprint density at radius 1 is 0.938 bits per heavy atom. The van der Waals surface area contributed by atoms with Gasteiger partial charge in [0.25, 0.3) is 0 Å². The summed E-state index contributed by atoms with van der Waals surface area (Å²) in [6, 6.07) is 16.3. The minimum atomic E-state index is -2.88. The van der Waals surface area contributed by atoms with E-state index in [1.54, 1.807) is 24.3 Å². The normalized spacial score (nSPS) is 12.8. The summed E-state index contributed by atoms with van der Waals surface area (Å²) in [5, 5.41) is 0. The van der Waals surface area contributed by atoms with Crippen LogP contribution >= 0.6 is 0 Å². The Hall–Kier alpha value is -3.46. The summed E-state index contributed by atoms with van der Waals surface area (Å²) < 4.78 is 61.8. The van der Waals surface area contributed by atoms with Gasteiger partial charge in [-0.3, -0.25) is 0 Å². The number of rotatable bonds is 9. The predicted octanol–water partition coefficient (Wildman–Crippen LogP) is 7.27. The van der Waals surface area contributed by atoms with Gasteiger partial charge in [-0.25, -0.2) is 8.78 Å². The highest BCUT2D eigenvalue weighted by Gasteiger charge is 2.24. The molecule has 0 aromatic heterocycles. The van der Waals surface area contributed by atoms with Gasteiger partial charge in [-0.2, -0.15) is 8.78 Å². The first-order chi connectivity index (χ1) is 15.3. The number of aryl methyl sites for hydroxylation is 1. The number of benzene rings is 3. The van der Waals surface area contributed by atoms with E-state index in [-0.39, 0.29) is 11.5 Å². The molecule has 0 fully saturated rings. The number of ether oxygens (including phenoxy) is 2. The molecule has 0 heterocycles. The lowest BCUT2D eigenvalue weighted by Crippen LogP contribution is -2.19. The van der Waals surface area contributed by atoms with E-state index in [0.717, 1.165) is 11.1 Å². The van der Waals surface area contributed by atoms with Gasteiger partial charge in [-0.1, -0.05) is 24.1 Å². The highest BCUT2D eigenvalue weighted by Crippen LogP contribution is 2.32. The van der Waals surface area contributed by atoms with Crippen LogP contribution in [0.4, 0.5) is 17.6 Å². The first kappa shape index (κ1) is 23.2. The molecular formula is C26H22F4O2. The fourth-order valence-corrected chi connectivity index (χ4v) is 3.36. The maximum atomic E-state index is 14.2. The van der Waals surface area contributed by atoms with Crippen LogP contribution in [-0.2, 0) is 11.8 Å². The molecule has 1 atom stereocenters. The van der Waals surface area contributed by atoms with Crippen molar-refractivity contribution in [3.8, 4) is 29.6 Å². The molecule has 0 N–H and O–H groups in total. The summed E-state index contributed by atoms with van der Waals surface area (Å²) >= 11 is 0. The minimum absolute atomic E-state index is 0.0587. The molecule has 3 aromatic carbocycles. The number of halogens is 4. The minimum Gasteiger partial charge on any atom is -0.454 e. The molecule has 0 amide bonds. The first-order valence-electron chi connectivity index (χ1n) is 10.0. The Balaban J connectivity index is 1.64. The van der Waals surface area contributed by atoms with E-state index in [0.29, 0.717) is 25.0 Å². The molecule has 0 aliphatic rings. The SMILES string of the molecule is C#CC(C)(CCCc1ccc(F)c(Oc2ccc(F)cc2)c1)c1ccc(OC(F)F)cc1. The van der Waals surface area contributed by atoms with E-state index >= 15 is 0 Å². The Labute approximate surface area is 184 Å². The Morgan fingerprint density at radius 2 is 1.59 bits per heavy atom. The molecule has 0 saturated heterocycles. The summed E-state index contributed by atoms with van der Waals surface area (Å²) in [6.45, 7) is -0.975. The summed E-state index contributed by atoms with van der Waals surface area (Å²) in [4.78, 5) is 0. The van der Waals surface area contributed by atoms with Gasteiger partial charge in [0.15, 0.2) is 11.6 Å². The number of hydrogen-bond acceptors (Lipinski definition) is 2. The maximum Gasteiger partial charge on any atom is 0.387 e. The second kappa shape index (κ2) is 10.2. The van der Waals surface area contributed by atoms with Crippen molar-refractivity contribution in [2.24, 2.45) is 0 Å². The van der Waals surface area contributed by atoms with Crippen molar-refractivity contribution in [3.63, 3.8) is 0 Å². The van der Waals surface area contributed by atoms with Crippen molar-refractivity contribution in [2.45, 2.75) is 38.2 Å². The molecule has 0 bridgehead atoms. The molecular weight excluding hydrogens is 420 g/mol. The Morgan fingerprint density at radius 3 is 2.22 bits per heavy atom. The Kier molecular flexibility index (Phi) is 7.42. The largest absolute Gasteiger partial charge is 0.454 e. The molecule has 3 aromatic rings. The third-order valence-corrected chi connectivity index (χ3v) is 5.21. The van der Waals surface area contributed by atoms with Gasteiger partial charge in [0.1, 0.15) is 17.3 Å². The van der Waals surface area contributed by atoms with E-state index < -0.39 is 23.7 Å². The van der Waals surface area contributed by atoms with Crippen LogP contribution in [0.15, 0.2) is 66.7 Å². The van der Waals surface area contributed by atoms with Crippen molar-refractivity contribution in [1.82, 2.24) is 0 Å². The average Bonchev–Trinajstić information content (AvgIpc) is 2.77. The molecule has 2 nitrogen and oxygen atoms in total. The highest BCUT2D eigenvalue weighted by molar-refractivity contribution is 5.38.